The number of esters is 1. The fraction of sp³-hybridized carbons (Fsp3) is 0.261. The van der Waals surface area contributed by atoms with Crippen LogP contribution in [0.25, 0.3) is 6.08 Å². The van der Waals surface area contributed by atoms with Crippen LogP contribution in [0.3, 0.4) is 0 Å². The van der Waals surface area contributed by atoms with Crippen molar-refractivity contribution in [1.82, 2.24) is 4.57 Å². The Morgan fingerprint density at radius 2 is 1.97 bits per heavy atom. The second-order valence-electron chi connectivity index (χ2n) is 7.32. The number of hydrogen-bond donors (Lipinski definition) is 0. The largest absolute Gasteiger partial charge is 0.497 e. The first-order chi connectivity index (χ1) is 14.9. The molecule has 0 aliphatic carbocycles. The molecule has 3 heterocycles. The van der Waals surface area contributed by atoms with Gasteiger partial charge in [-0.05, 0) is 56.0 Å². The average Bonchev–Trinajstić information content (AvgIpc) is 3.36. The highest BCUT2D eigenvalue weighted by molar-refractivity contribution is 7.10. The molecular weight excluding hydrogens is 432 g/mol. The van der Waals surface area contributed by atoms with Crippen molar-refractivity contribution in [3.8, 4) is 5.75 Å². The molecule has 0 spiro atoms. The maximum absolute atomic E-state index is 13.4. The lowest BCUT2D eigenvalue weighted by molar-refractivity contribution is -0.143. The summed E-state index contributed by atoms with van der Waals surface area (Å²) in [5.41, 5.74) is 1.68. The smallest absolute Gasteiger partial charge is 0.338 e. The summed E-state index contributed by atoms with van der Waals surface area (Å²) in [6.45, 7) is 5.40. The maximum Gasteiger partial charge on any atom is 0.338 e. The van der Waals surface area contributed by atoms with Crippen LogP contribution in [0.5, 0.6) is 5.75 Å². The molecule has 0 saturated carbocycles. The maximum atomic E-state index is 13.4. The molecular formula is C23H22N2O4S2. The molecule has 1 aliphatic rings. The number of fused-ring (bicyclic) bond motifs is 1. The molecule has 1 atom stereocenters. The standard InChI is InChI=1S/C23H22N2O4S2/c1-13(2)29-22(27)19-14(3)24-23-25(20(19)17-6-5-11-30-17)21(26)18(31-23)12-15-7-9-16(28-4)10-8-15/h5-13,20H,1-4H3/b18-12+. The van der Waals surface area contributed by atoms with Crippen LogP contribution in [-0.4, -0.2) is 23.8 Å². The van der Waals surface area contributed by atoms with E-state index < -0.39 is 12.0 Å². The molecule has 0 N–H and O–H groups in total. The molecule has 0 fully saturated rings. The molecule has 6 nitrogen and oxygen atoms in total. The van der Waals surface area contributed by atoms with Crippen LogP contribution in [0.4, 0.5) is 0 Å². The number of ether oxygens (including phenoxy) is 2. The second-order valence-corrected chi connectivity index (χ2v) is 9.31. The third-order valence-corrected chi connectivity index (χ3v) is 6.72. The van der Waals surface area contributed by atoms with E-state index >= 15 is 0 Å². The Labute approximate surface area is 187 Å². The Morgan fingerprint density at radius 3 is 2.58 bits per heavy atom. The van der Waals surface area contributed by atoms with Crippen molar-refractivity contribution >= 4 is 34.7 Å². The zero-order valence-electron chi connectivity index (χ0n) is 17.6. The van der Waals surface area contributed by atoms with E-state index in [2.05, 4.69) is 4.99 Å². The van der Waals surface area contributed by atoms with E-state index in [-0.39, 0.29) is 11.7 Å². The number of thiazole rings is 1. The van der Waals surface area contributed by atoms with Gasteiger partial charge in [0.25, 0.3) is 5.56 Å². The molecule has 0 amide bonds. The van der Waals surface area contributed by atoms with Crippen LogP contribution < -0.4 is 19.6 Å². The molecule has 0 radical (unpaired) electrons. The number of carbonyl (C=O) groups is 1. The molecule has 0 saturated heterocycles. The minimum Gasteiger partial charge on any atom is -0.497 e. The number of benzene rings is 1. The summed E-state index contributed by atoms with van der Waals surface area (Å²) >= 11 is 2.81. The lowest BCUT2D eigenvalue weighted by Crippen LogP contribution is -2.39. The molecule has 4 rings (SSSR count). The highest BCUT2D eigenvalue weighted by Crippen LogP contribution is 2.33. The van der Waals surface area contributed by atoms with Crippen LogP contribution >= 0.6 is 22.7 Å². The van der Waals surface area contributed by atoms with Crippen molar-refractivity contribution in [1.29, 1.82) is 0 Å². The van der Waals surface area contributed by atoms with Gasteiger partial charge in [-0.3, -0.25) is 9.36 Å². The second kappa shape index (κ2) is 8.64. The topological polar surface area (TPSA) is 69.9 Å². The third kappa shape index (κ3) is 4.13. The van der Waals surface area contributed by atoms with Crippen molar-refractivity contribution in [2.45, 2.75) is 32.9 Å². The van der Waals surface area contributed by atoms with E-state index in [0.717, 1.165) is 16.2 Å². The highest BCUT2D eigenvalue weighted by atomic mass is 32.1. The Kier molecular flexibility index (Phi) is 5.93. The van der Waals surface area contributed by atoms with E-state index in [9.17, 15) is 9.59 Å². The first-order valence-corrected chi connectivity index (χ1v) is 11.5. The van der Waals surface area contributed by atoms with Gasteiger partial charge in [0.1, 0.15) is 11.8 Å². The van der Waals surface area contributed by atoms with Crippen molar-refractivity contribution in [2.75, 3.05) is 7.11 Å². The van der Waals surface area contributed by atoms with Gasteiger partial charge < -0.3 is 9.47 Å². The van der Waals surface area contributed by atoms with E-state index in [1.165, 1.54) is 22.7 Å². The van der Waals surface area contributed by atoms with Crippen molar-refractivity contribution < 1.29 is 14.3 Å². The normalized spacial score (nSPS) is 16.3. The van der Waals surface area contributed by atoms with Gasteiger partial charge >= 0.3 is 5.97 Å². The van der Waals surface area contributed by atoms with E-state index in [0.29, 0.717) is 20.6 Å². The van der Waals surface area contributed by atoms with Crippen molar-refractivity contribution in [3.63, 3.8) is 0 Å². The summed E-state index contributed by atoms with van der Waals surface area (Å²) < 4.78 is 12.8. The van der Waals surface area contributed by atoms with Gasteiger partial charge in [0, 0.05) is 4.88 Å². The first kappa shape index (κ1) is 21.3. The van der Waals surface area contributed by atoms with Gasteiger partial charge in [0.05, 0.1) is 29.0 Å². The van der Waals surface area contributed by atoms with Crippen molar-refractivity contribution in [3.05, 3.63) is 83.2 Å². The van der Waals surface area contributed by atoms with Crippen LogP contribution in [0, 0.1) is 0 Å². The molecule has 8 heteroatoms. The average molecular weight is 455 g/mol. The summed E-state index contributed by atoms with van der Waals surface area (Å²) in [7, 11) is 1.61. The first-order valence-electron chi connectivity index (χ1n) is 9.80. The number of hydrogen-bond acceptors (Lipinski definition) is 7. The third-order valence-electron chi connectivity index (χ3n) is 4.81. The van der Waals surface area contributed by atoms with Gasteiger partial charge in [-0.1, -0.05) is 29.5 Å². The van der Waals surface area contributed by atoms with Gasteiger partial charge in [-0.2, -0.15) is 0 Å². The lowest BCUT2D eigenvalue weighted by Gasteiger charge is -2.24. The van der Waals surface area contributed by atoms with Crippen LogP contribution in [0.2, 0.25) is 0 Å². The van der Waals surface area contributed by atoms with Gasteiger partial charge in [-0.25, -0.2) is 9.79 Å². The summed E-state index contributed by atoms with van der Waals surface area (Å²) in [6.07, 6.45) is 1.57. The Bertz CT molecular complexity index is 1310. The molecule has 0 bridgehead atoms. The number of methoxy groups -OCH3 is 1. The number of carbonyl (C=O) groups excluding carboxylic acids is 1. The Balaban J connectivity index is 1.88. The summed E-state index contributed by atoms with van der Waals surface area (Å²) in [5, 5.41) is 1.93. The number of rotatable bonds is 5. The molecule has 2 aromatic heterocycles. The number of aromatic nitrogens is 1. The number of thiophene rings is 1. The quantitative estimate of drug-likeness (QED) is 0.555. The highest BCUT2D eigenvalue weighted by Gasteiger charge is 2.34. The number of nitrogens with zero attached hydrogens (tertiary/aromatic N) is 2. The predicted molar refractivity (Wildman–Crippen MR) is 122 cm³/mol. The van der Waals surface area contributed by atoms with Gasteiger partial charge in [0.15, 0.2) is 4.80 Å². The summed E-state index contributed by atoms with van der Waals surface area (Å²) in [4.78, 5) is 32.4. The number of allylic oxidation sites excluding steroid dienone is 1. The molecule has 1 aromatic carbocycles. The predicted octanol–water partition coefficient (Wildman–Crippen LogP) is 3.26. The molecule has 160 valence electrons. The van der Waals surface area contributed by atoms with E-state index in [1.54, 1.807) is 32.4 Å². The fourth-order valence-electron chi connectivity index (χ4n) is 3.43. The molecule has 31 heavy (non-hydrogen) atoms. The zero-order valence-corrected chi connectivity index (χ0v) is 19.3. The summed E-state index contributed by atoms with van der Waals surface area (Å²) in [5.74, 6) is 0.305. The van der Waals surface area contributed by atoms with Crippen LogP contribution in [0.15, 0.2) is 62.8 Å². The Morgan fingerprint density at radius 1 is 1.23 bits per heavy atom. The Hall–Kier alpha value is -2.97. The SMILES string of the molecule is COc1ccc(/C=c2/sc3n(c2=O)C(c2cccs2)C(C(=O)OC(C)C)=C(C)N=3)cc1. The van der Waals surface area contributed by atoms with Gasteiger partial charge in [-0.15, -0.1) is 11.3 Å². The minimum absolute atomic E-state index is 0.180. The monoisotopic (exact) mass is 454 g/mol. The van der Waals surface area contributed by atoms with Gasteiger partial charge in [0.2, 0.25) is 0 Å². The van der Waals surface area contributed by atoms with Crippen molar-refractivity contribution in [2.24, 2.45) is 4.99 Å². The van der Waals surface area contributed by atoms with E-state index in [4.69, 9.17) is 9.47 Å². The van der Waals surface area contributed by atoms with Crippen LogP contribution in [0.1, 0.15) is 37.3 Å². The lowest BCUT2D eigenvalue weighted by atomic mass is 10.0. The summed E-state index contributed by atoms with van der Waals surface area (Å²) in [6, 6.07) is 10.8. The molecule has 3 aromatic rings. The molecule has 1 aliphatic heterocycles. The fourth-order valence-corrected chi connectivity index (χ4v) is 5.30. The molecule has 1 unspecified atom stereocenters. The minimum atomic E-state index is -0.555. The van der Waals surface area contributed by atoms with Crippen LogP contribution in [-0.2, 0) is 9.53 Å². The zero-order chi connectivity index (χ0) is 22.1. The van der Waals surface area contributed by atoms with E-state index in [1.807, 2.05) is 47.9 Å².